The number of hydrogen-bond acceptors (Lipinski definition) is 2. The third kappa shape index (κ3) is 4.02. The molecule has 18 heavy (non-hydrogen) atoms. The second-order valence-corrected chi connectivity index (χ2v) is 4.22. The molecule has 0 aliphatic carbocycles. The first-order valence-corrected chi connectivity index (χ1v) is 5.77. The molecular formula is C14H19N3O. The van der Waals surface area contributed by atoms with E-state index in [9.17, 15) is 0 Å². The van der Waals surface area contributed by atoms with Crippen LogP contribution in [0.2, 0.25) is 0 Å². The molecule has 0 radical (unpaired) electrons. The normalized spacial score (nSPS) is 12.9. The second-order valence-electron chi connectivity index (χ2n) is 4.22. The fourth-order valence-corrected chi connectivity index (χ4v) is 1.38. The van der Waals surface area contributed by atoms with Crippen LogP contribution in [-0.4, -0.2) is 19.1 Å². The van der Waals surface area contributed by atoms with Gasteiger partial charge in [0.15, 0.2) is 5.96 Å². The number of hydrogen-bond donors (Lipinski definition) is 2. The maximum Gasteiger partial charge on any atom is 0.194 e. The van der Waals surface area contributed by atoms with E-state index in [0.29, 0.717) is 5.96 Å². The number of benzene rings is 1. The molecule has 96 valence electrons. The zero-order chi connectivity index (χ0) is 13.5. The minimum Gasteiger partial charge on any atom is -0.497 e. The van der Waals surface area contributed by atoms with Crippen LogP contribution in [0.4, 0.5) is 5.69 Å². The van der Waals surface area contributed by atoms with Crippen LogP contribution in [0.25, 0.3) is 0 Å². The molecule has 1 atom stereocenters. The van der Waals surface area contributed by atoms with Gasteiger partial charge in [0.25, 0.3) is 0 Å². The molecule has 0 amide bonds. The van der Waals surface area contributed by atoms with Crippen LogP contribution in [0.15, 0.2) is 29.3 Å². The number of methoxy groups -OCH3 is 1. The smallest absolute Gasteiger partial charge is 0.194 e. The molecule has 0 bridgehead atoms. The number of aliphatic imine (C=N–C) groups is 1. The second kappa shape index (κ2) is 6.55. The summed E-state index contributed by atoms with van der Waals surface area (Å²) >= 11 is 0. The SMILES string of the molecule is C#CC(N=C(N)Nc1ccc(OC)cc1)C(C)C. The Hall–Kier alpha value is -2.15. The predicted octanol–water partition coefficient (Wildman–Crippen LogP) is 2.08. The Morgan fingerprint density at radius 2 is 2.00 bits per heavy atom. The van der Waals surface area contributed by atoms with Crippen LogP contribution < -0.4 is 15.8 Å². The van der Waals surface area contributed by atoms with Gasteiger partial charge in [-0.3, -0.25) is 0 Å². The molecule has 4 nitrogen and oxygen atoms in total. The highest BCUT2D eigenvalue weighted by molar-refractivity contribution is 5.92. The van der Waals surface area contributed by atoms with Crippen LogP contribution >= 0.6 is 0 Å². The first-order chi connectivity index (χ1) is 8.56. The van der Waals surface area contributed by atoms with Gasteiger partial charge in [-0.25, -0.2) is 4.99 Å². The average molecular weight is 245 g/mol. The highest BCUT2D eigenvalue weighted by atomic mass is 16.5. The molecule has 0 saturated carbocycles. The first-order valence-electron chi connectivity index (χ1n) is 5.77. The number of nitrogens with one attached hydrogen (secondary N) is 1. The monoisotopic (exact) mass is 245 g/mol. The summed E-state index contributed by atoms with van der Waals surface area (Å²) in [6.07, 6.45) is 5.40. The molecular weight excluding hydrogens is 226 g/mol. The highest BCUT2D eigenvalue weighted by Crippen LogP contribution is 2.14. The van der Waals surface area contributed by atoms with Crippen molar-refractivity contribution in [2.75, 3.05) is 12.4 Å². The topological polar surface area (TPSA) is 59.6 Å². The lowest BCUT2D eigenvalue weighted by atomic mass is 10.1. The number of guanidine groups is 1. The lowest BCUT2D eigenvalue weighted by Crippen LogP contribution is -2.26. The van der Waals surface area contributed by atoms with Crippen LogP contribution in [0.3, 0.4) is 0 Å². The minimum absolute atomic E-state index is 0.212. The van der Waals surface area contributed by atoms with Crippen molar-refractivity contribution < 1.29 is 4.74 Å². The zero-order valence-corrected chi connectivity index (χ0v) is 11.0. The Morgan fingerprint density at radius 3 is 2.44 bits per heavy atom. The van der Waals surface area contributed by atoms with Gasteiger partial charge in [-0.05, 0) is 30.2 Å². The lowest BCUT2D eigenvalue weighted by molar-refractivity contribution is 0.415. The van der Waals surface area contributed by atoms with Crippen molar-refractivity contribution in [2.45, 2.75) is 19.9 Å². The summed E-state index contributed by atoms with van der Waals surface area (Å²) in [5, 5.41) is 2.99. The summed E-state index contributed by atoms with van der Waals surface area (Å²) in [5.74, 6) is 3.97. The van der Waals surface area contributed by atoms with Crippen molar-refractivity contribution >= 4 is 11.6 Å². The Balaban J connectivity index is 2.71. The summed E-state index contributed by atoms with van der Waals surface area (Å²) in [4.78, 5) is 4.25. The average Bonchev–Trinajstić information content (AvgIpc) is 2.36. The Kier molecular flexibility index (Phi) is 5.06. The van der Waals surface area contributed by atoms with Gasteiger partial charge in [0.1, 0.15) is 11.8 Å². The van der Waals surface area contributed by atoms with Gasteiger partial charge in [0, 0.05) is 5.69 Å². The highest BCUT2D eigenvalue weighted by Gasteiger charge is 2.08. The summed E-state index contributed by atoms with van der Waals surface area (Å²) < 4.78 is 5.07. The Labute approximate surface area is 108 Å². The molecule has 3 N–H and O–H groups in total. The van der Waals surface area contributed by atoms with Crippen LogP contribution in [-0.2, 0) is 0 Å². The molecule has 1 rings (SSSR count). The molecule has 0 saturated heterocycles. The van der Waals surface area contributed by atoms with E-state index in [4.69, 9.17) is 16.9 Å². The van der Waals surface area contributed by atoms with Crippen molar-refractivity contribution in [3.05, 3.63) is 24.3 Å². The third-order valence-electron chi connectivity index (χ3n) is 2.44. The van der Waals surface area contributed by atoms with E-state index < -0.39 is 0 Å². The standard InChI is InChI=1S/C14H19N3O/c1-5-13(10(2)3)17-14(15)16-11-6-8-12(18-4)9-7-11/h1,6-10,13H,2-4H3,(H3,15,16,17). The van der Waals surface area contributed by atoms with E-state index in [2.05, 4.69) is 16.2 Å². The molecule has 1 unspecified atom stereocenters. The minimum atomic E-state index is -0.212. The summed E-state index contributed by atoms with van der Waals surface area (Å²) in [6, 6.07) is 7.20. The quantitative estimate of drug-likeness (QED) is 0.485. The van der Waals surface area contributed by atoms with Crippen molar-refractivity contribution in [1.29, 1.82) is 0 Å². The van der Waals surface area contributed by atoms with E-state index in [-0.39, 0.29) is 12.0 Å². The maximum absolute atomic E-state index is 5.80. The van der Waals surface area contributed by atoms with Crippen molar-refractivity contribution in [3.8, 4) is 18.1 Å². The van der Waals surface area contributed by atoms with E-state index in [1.54, 1.807) is 7.11 Å². The number of nitrogens with zero attached hydrogens (tertiary/aromatic N) is 1. The molecule has 1 aromatic carbocycles. The molecule has 0 heterocycles. The number of terminal acetylenes is 1. The van der Waals surface area contributed by atoms with Gasteiger partial charge in [0.2, 0.25) is 0 Å². The van der Waals surface area contributed by atoms with Gasteiger partial charge < -0.3 is 15.8 Å². The first kappa shape index (κ1) is 13.9. The molecule has 0 aliphatic heterocycles. The molecule has 0 fully saturated rings. The third-order valence-corrected chi connectivity index (χ3v) is 2.44. The predicted molar refractivity (Wildman–Crippen MR) is 75.7 cm³/mol. The van der Waals surface area contributed by atoms with Crippen LogP contribution in [0, 0.1) is 18.3 Å². The van der Waals surface area contributed by atoms with Gasteiger partial charge in [-0.1, -0.05) is 19.8 Å². The Bertz CT molecular complexity index is 443. The van der Waals surface area contributed by atoms with Crippen molar-refractivity contribution in [2.24, 2.45) is 16.6 Å². The number of anilines is 1. The molecule has 0 aliphatic rings. The largest absolute Gasteiger partial charge is 0.497 e. The van der Waals surface area contributed by atoms with Crippen LogP contribution in [0.5, 0.6) is 5.75 Å². The number of nitrogens with two attached hydrogens (primary N) is 1. The Morgan fingerprint density at radius 1 is 1.39 bits per heavy atom. The van der Waals surface area contributed by atoms with E-state index in [1.807, 2.05) is 38.1 Å². The fraction of sp³-hybridized carbons (Fsp3) is 0.357. The van der Waals surface area contributed by atoms with E-state index in [0.717, 1.165) is 11.4 Å². The van der Waals surface area contributed by atoms with Crippen molar-refractivity contribution in [1.82, 2.24) is 0 Å². The molecule has 0 aromatic heterocycles. The zero-order valence-electron chi connectivity index (χ0n) is 11.0. The summed E-state index contributed by atoms with van der Waals surface area (Å²) in [6.45, 7) is 4.02. The summed E-state index contributed by atoms with van der Waals surface area (Å²) in [5.41, 5.74) is 6.65. The summed E-state index contributed by atoms with van der Waals surface area (Å²) in [7, 11) is 1.62. The van der Waals surface area contributed by atoms with E-state index >= 15 is 0 Å². The fourth-order valence-electron chi connectivity index (χ4n) is 1.38. The van der Waals surface area contributed by atoms with Gasteiger partial charge in [-0.15, -0.1) is 6.42 Å². The van der Waals surface area contributed by atoms with Gasteiger partial charge in [0.05, 0.1) is 7.11 Å². The van der Waals surface area contributed by atoms with Crippen molar-refractivity contribution in [3.63, 3.8) is 0 Å². The van der Waals surface area contributed by atoms with E-state index in [1.165, 1.54) is 0 Å². The van der Waals surface area contributed by atoms with Crippen LogP contribution in [0.1, 0.15) is 13.8 Å². The van der Waals surface area contributed by atoms with Gasteiger partial charge in [-0.2, -0.15) is 0 Å². The molecule has 0 spiro atoms. The number of rotatable bonds is 4. The maximum atomic E-state index is 5.80. The molecule has 4 heteroatoms. The lowest BCUT2D eigenvalue weighted by Gasteiger charge is -2.12. The van der Waals surface area contributed by atoms with Gasteiger partial charge >= 0.3 is 0 Å². The molecule has 1 aromatic rings. The number of ether oxygens (including phenoxy) is 1.